The molecule has 46 valence electrons. The van der Waals surface area contributed by atoms with Crippen LogP contribution < -0.4 is 29.6 Å². The first-order valence-corrected chi connectivity index (χ1v) is 1.52. The molecule has 0 aliphatic carbocycles. The Bertz CT molecular complexity index is 37.7. The van der Waals surface area contributed by atoms with Gasteiger partial charge in [-0.25, -0.2) is 0 Å². The van der Waals surface area contributed by atoms with Crippen molar-refractivity contribution in [1.29, 1.82) is 0 Å². The Hall–Kier alpha value is 0.320. The van der Waals surface area contributed by atoms with Gasteiger partial charge in [0.25, 0.3) is 0 Å². The molecule has 6 heteroatoms. The minimum Gasteiger partial charge on any atom is -1.00 e. The van der Waals surface area contributed by atoms with Crippen LogP contribution in [0.5, 0.6) is 0 Å². The molecule has 0 atom stereocenters. The van der Waals surface area contributed by atoms with Crippen LogP contribution in [0.25, 0.3) is 0 Å². The number of nitrogens with zero attached hydrogens (tertiary/aromatic N) is 1. The van der Waals surface area contributed by atoms with E-state index in [0.717, 1.165) is 0 Å². The molecule has 0 radical (unpaired) electrons. The Kier molecular flexibility index (Phi) is 52.2. The summed E-state index contributed by atoms with van der Waals surface area (Å²) in [7, 11) is 0. The van der Waals surface area contributed by atoms with E-state index in [1.807, 2.05) is 0 Å². The number of aliphatic hydroxyl groups excluding tert-OH is 2. The zero-order chi connectivity index (χ0) is 6.12. The molecule has 0 fully saturated rings. The fraction of sp³-hybridized carbons (Fsp3) is 1.00. The van der Waals surface area contributed by atoms with Gasteiger partial charge in [0, 0.05) is 0 Å². The van der Waals surface area contributed by atoms with Gasteiger partial charge in [0.1, 0.15) is 0 Å². The number of hydrogen-bond acceptors (Lipinski definition) is 4. The molecule has 0 saturated carbocycles. The molecule has 0 unspecified atom stereocenters. The summed E-state index contributed by atoms with van der Waals surface area (Å²) >= 11 is 0. The van der Waals surface area contributed by atoms with Gasteiger partial charge in [-0.05, 0) is 0 Å². The van der Waals surface area contributed by atoms with Crippen LogP contribution in [0.4, 0.5) is 0 Å². The molecular weight excluding hydrogens is 125 g/mol. The summed E-state index contributed by atoms with van der Waals surface area (Å²) in [5.41, 5.74) is 0. The van der Waals surface area contributed by atoms with Crippen molar-refractivity contribution in [3.8, 4) is 0 Å². The fourth-order valence-electron chi connectivity index (χ4n) is 0. The van der Waals surface area contributed by atoms with Crippen molar-refractivity contribution in [2.24, 2.45) is 5.34 Å². The summed E-state index contributed by atoms with van der Waals surface area (Å²) in [6.07, 6.45) is 0. The maximum atomic E-state index is 8.11. The van der Waals surface area contributed by atoms with Crippen LogP contribution in [0, 0.1) is 4.91 Å². The molecule has 3 N–H and O–H groups in total. The minimum atomic E-state index is -0.125. The Morgan fingerprint density at radius 3 is 1.50 bits per heavy atom. The normalized spacial score (nSPS) is 5.25. The first-order valence-electron chi connectivity index (χ1n) is 1.52. The van der Waals surface area contributed by atoms with Gasteiger partial charge in [0.15, 0.2) is 5.34 Å². The van der Waals surface area contributed by atoms with Crippen LogP contribution in [0.1, 0.15) is 1.43 Å². The van der Waals surface area contributed by atoms with Crippen LogP contribution in [0.2, 0.25) is 0 Å². The predicted molar refractivity (Wildman–Crippen MR) is 22.9 cm³/mol. The number of rotatable bonds is 1. The summed E-state index contributed by atoms with van der Waals surface area (Å²) < 4.78 is 0. The SMILES string of the molecule is O=NO.OCCO.[H-].[Na+]. The molecule has 8 heavy (non-hydrogen) atoms. The maximum Gasteiger partial charge on any atom is 1.00 e. The van der Waals surface area contributed by atoms with Gasteiger partial charge in [0.05, 0.1) is 13.2 Å². The average Bonchev–Trinajstić information content (AvgIpc) is 1.69. The van der Waals surface area contributed by atoms with E-state index in [-0.39, 0.29) is 44.2 Å². The zero-order valence-electron chi connectivity index (χ0n) is 5.61. The molecule has 0 aromatic carbocycles. The number of hydrogen-bond donors (Lipinski definition) is 3. The Morgan fingerprint density at radius 1 is 1.38 bits per heavy atom. The third kappa shape index (κ3) is 103. The van der Waals surface area contributed by atoms with E-state index in [1.54, 1.807) is 0 Å². The van der Waals surface area contributed by atoms with Crippen molar-refractivity contribution < 1.29 is 46.4 Å². The van der Waals surface area contributed by atoms with Crippen LogP contribution >= 0.6 is 0 Å². The Balaban J connectivity index is -0.0000000233. The van der Waals surface area contributed by atoms with Crippen molar-refractivity contribution in [3.63, 3.8) is 0 Å². The molecule has 0 rings (SSSR count). The van der Waals surface area contributed by atoms with Gasteiger partial charge >= 0.3 is 29.6 Å². The van der Waals surface area contributed by atoms with Gasteiger partial charge in [0.2, 0.25) is 0 Å². The minimum absolute atomic E-state index is 0. The summed E-state index contributed by atoms with van der Waals surface area (Å²) in [5.74, 6) is 0. The van der Waals surface area contributed by atoms with E-state index in [2.05, 4.69) is 0 Å². The van der Waals surface area contributed by atoms with Crippen LogP contribution in [-0.4, -0.2) is 28.6 Å². The first-order chi connectivity index (χ1) is 3.33. The van der Waals surface area contributed by atoms with E-state index in [9.17, 15) is 0 Å². The predicted octanol–water partition coefficient (Wildman–Crippen LogP) is -3.77. The molecule has 0 amide bonds. The van der Waals surface area contributed by atoms with Crippen molar-refractivity contribution in [2.45, 2.75) is 0 Å². The Morgan fingerprint density at radius 2 is 1.50 bits per heavy atom. The van der Waals surface area contributed by atoms with Gasteiger partial charge in [-0.1, -0.05) is 0 Å². The third-order valence-corrected chi connectivity index (χ3v) is 0.1000. The molecule has 5 nitrogen and oxygen atoms in total. The van der Waals surface area contributed by atoms with Gasteiger partial charge in [-0.2, -0.15) is 0 Å². The summed E-state index contributed by atoms with van der Waals surface area (Å²) in [5, 5.41) is 23.1. The second-order valence-electron chi connectivity index (χ2n) is 0.529. The second kappa shape index (κ2) is 26.5. The van der Waals surface area contributed by atoms with E-state index >= 15 is 0 Å². The van der Waals surface area contributed by atoms with Gasteiger partial charge in [-0.3, -0.25) is 0 Å². The quantitative estimate of drug-likeness (QED) is 0.194. The first kappa shape index (κ1) is 15.8. The van der Waals surface area contributed by atoms with Crippen molar-refractivity contribution >= 4 is 0 Å². The van der Waals surface area contributed by atoms with Crippen molar-refractivity contribution in [1.82, 2.24) is 0 Å². The van der Waals surface area contributed by atoms with E-state index in [1.165, 1.54) is 5.34 Å². The van der Waals surface area contributed by atoms with Crippen LogP contribution in [0.15, 0.2) is 5.34 Å². The fourth-order valence-corrected chi connectivity index (χ4v) is 0. The number of aliphatic hydroxyl groups is 2. The van der Waals surface area contributed by atoms with Crippen molar-refractivity contribution in [2.75, 3.05) is 13.2 Å². The summed E-state index contributed by atoms with van der Waals surface area (Å²) in [6.45, 7) is -0.250. The van der Waals surface area contributed by atoms with Gasteiger partial charge in [-0.15, -0.1) is 4.91 Å². The van der Waals surface area contributed by atoms with Crippen molar-refractivity contribution in [3.05, 3.63) is 4.91 Å². The van der Waals surface area contributed by atoms with E-state index in [4.69, 9.17) is 20.3 Å². The van der Waals surface area contributed by atoms with Crippen LogP contribution in [0.3, 0.4) is 0 Å². The molecule has 0 saturated heterocycles. The maximum absolute atomic E-state index is 8.11. The molecule has 0 aliphatic heterocycles. The van der Waals surface area contributed by atoms with Gasteiger partial charge < -0.3 is 16.8 Å². The smallest absolute Gasteiger partial charge is 1.00 e. The molecular formula is C2H8NNaO4. The zero-order valence-corrected chi connectivity index (χ0v) is 6.61. The van der Waals surface area contributed by atoms with E-state index in [0.29, 0.717) is 0 Å². The molecule has 0 aromatic heterocycles. The molecule has 0 bridgehead atoms. The monoisotopic (exact) mass is 133 g/mol. The van der Waals surface area contributed by atoms with Crippen LogP contribution in [-0.2, 0) is 0 Å². The molecule has 0 aromatic rings. The molecule has 0 heterocycles. The second-order valence-corrected chi connectivity index (χ2v) is 0.529. The third-order valence-electron chi connectivity index (χ3n) is 0.1000. The Labute approximate surface area is 70.0 Å². The van der Waals surface area contributed by atoms with E-state index < -0.39 is 0 Å². The average molecular weight is 133 g/mol. The summed E-state index contributed by atoms with van der Waals surface area (Å²) in [4.78, 5) is 8.11. The largest absolute Gasteiger partial charge is 1.00 e. The standard InChI is InChI=1S/C2H6O2.HNO2.Na.H/c3-1-2-4;2-1-3;;/h3-4H,1-2H2;(H,2,3);;/q;;+1;-1. The topological polar surface area (TPSA) is 90.1 Å². The molecule has 0 aliphatic rings. The summed E-state index contributed by atoms with van der Waals surface area (Å²) in [6, 6.07) is 0. The molecule has 0 spiro atoms.